The van der Waals surface area contributed by atoms with Crippen molar-refractivity contribution in [2.24, 2.45) is 0 Å². The molecule has 9 nitrogen and oxygen atoms in total. The summed E-state index contributed by atoms with van der Waals surface area (Å²) >= 11 is 6.34. The van der Waals surface area contributed by atoms with Gasteiger partial charge in [0, 0.05) is 18.4 Å². The number of amides is 1. The van der Waals surface area contributed by atoms with Gasteiger partial charge >= 0.3 is 0 Å². The van der Waals surface area contributed by atoms with Crippen molar-refractivity contribution in [3.8, 4) is 5.75 Å². The highest BCUT2D eigenvalue weighted by molar-refractivity contribution is 7.70. The Morgan fingerprint density at radius 1 is 1.12 bits per heavy atom. The summed E-state index contributed by atoms with van der Waals surface area (Å²) in [4.78, 5) is 20.6. The Morgan fingerprint density at radius 3 is 2.50 bits per heavy atom. The Labute approximate surface area is 203 Å². The third-order valence-corrected chi connectivity index (χ3v) is 6.61. The van der Waals surface area contributed by atoms with Crippen molar-refractivity contribution in [1.82, 2.24) is 9.97 Å². The summed E-state index contributed by atoms with van der Waals surface area (Å²) in [6.07, 6.45) is 2.63. The van der Waals surface area contributed by atoms with E-state index in [0.29, 0.717) is 44.6 Å². The van der Waals surface area contributed by atoms with E-state index in [9.17, 15) is 9.36 Å². The number of carbonyl (C=O) groups is 1. The number of aromatic nitrogens is 2. The molecule has 34 heavy (non-hydrogen) atoms. The predicted molar refractivity (Wildman–Crippen MR) is 141 cm³/mol. The van der Waals surface area contributed by atoms with Crippen LogP contribution in [-0.2, 0) is 9.36 Å². The van der Waals surface area contributed by atoms with Crippen LogP contribution >= 0.6 is 18.7 Å². The maximum absolute atomic E-state index is 12.7. The molecule has 1 aromatic heterocycles. The van der Waals surface area contributed by atoms with Crippen molar-refractivity contribution >= 4 is 64.5 Å². The maximum atomic E-state index is 12.7. The van der Waals surface area contributed by atoms with Gasteiger partial charge in [-0.1, -0.05) is 30.3 Å². The zero-order valence-corrected chi connectivity index (χ0v) is 20.9. The Kier molecular flexibility index (Phi) is 7.81. The van der Waals surface area contributed by atoms with Gasteiger partial charge in [0.2, 0.25) is 11.9 Å². The number of benzene rings is 2. The molecule has 0 saturated carbocycles. The van der Waals surface area contributed by atoms with Gasteiger partial charge in [0.15, 0.2) is 5.82 Å². The number of carbonyl (C=O) groups excluding carboxylic acids is 1. The Bertz CT molecular complexity index is 1280. The third kappa shape index (κ3) is 5.87. The van der Waals surface area contributed by atoms with Crippen LogP contribution in [0.15, 0.2) is 55.3 Å². The van der Waals surface area contributed by atoms with E-state index in [2.05, 4.69) is 37.8 Å². The second kappa shape index (κ2) is 10.6. The van der Waals surface area contributed by atoms with Crippen LogP contribution in [0.5, 0.6) is 5.75 Å². The van der Waals surface area contributed by atoms with E-state index in [0.717, 1.165) is 0 Å². The van der Waals surface area contributed by atoms with Gasteiger partial charge < -0.3 is 30.6 Å². The largest absolute Gasteiger partial charge is 0.494 e. The molecule has 0 aliphatic carbocycles. The predicted octanol–water partition coefficient (Wildman–Crippen LogP) is 5.04. The number of hydrogen-bond donors (Lipinski definition) is 4. The number of ether oxygens (including phenoxy) is 1. The summed E-state index contributed by atoms with van der Waals surface area (Å²) in [5.41, 5.74) is 2.32. The van der Waals surface area contributed by atoms with Gasteiger partial charge in [-0.2, -0.15) is 4.98 Å². The molecule has 0 aliphatic heterocycles. The molecular weight excluding hydrogens is 475 g/mol. The fraction of sp³-hybridized carbons (Fsp3) is 0.174. The molecule has 4 N–H and O–H groups in total. The molecule has 0 bridgehead atoms. The van der Waals surface area contributed by atoms with Gasteiger partial charge in [0.1, 0.15) is 17.9 Å². The van der Waals surface area contributed by atoms with Crippen molar-refractivity contribution < 1.29 is 14.1 Å². The van der Waals surface area contributed by atoms with Gasteiger partial charge in [-0.25, -0.2) is 4.98 Å². The van der Waals surface area contributed by atoms with Crippen LogP contribution in [0.1, 0.15) is 0 Å². The lowest BCUT2D eigenvalue weighted by Crippen LogP contribution is -2.11. The molecule has 2 aromatic carbocycles. The summed E-state index contributed by atoms with van der Waals surface area (Å²) in [6.45, 7) is 6.88. The average Bonchev–Trinajstić information content (AvgIpc) is 2.81. The summed E-state index contributed by atoms with van der Waals surface area (Å²) in [5.74, 6) is 0.713. The van der Waals surface area contributed by atoms with E-state index < -0.39 is 7.14 Å². The van der Waals surface area contributed by atoms with Crippen LogP contribution in [0, 0.1) is 0 Å². The molecule has 0 aliphatic rings. The second-order valence-corrected chi connectivity index (χ2v) is 11.1. The standard InChI is InChI=1S/C23H26ClN6O3P/c1-6-21(31)27-17-11-18(19(33-3)12-16(17)25-2)29-23-26-13-14(24)22(30-23)28-15-9-7-8-10-20(15)34(4,5)32/h6-13,25H,1H2,2-5H3,(H,27,31)(H2,26,28,29,30). The Morgan fingerprint density at radius 2 is 1.85 bits per heavy atom. The molecule has 1 heterocycles. The van der Waals surface area contributed by atoms with E-state index in [4.69, 9.17) is 16.3 Å². The SMILES string of the molecule is C=CC(=O)Nc1cc(Nc2ncc(Cl)c(Nc3ccccc3P(C)(C)=O)n2)c(OC)cc1NC. The molecule has 1 amide bonds. The number of para-hydroxylation sites is 1. The molecule has 11 heteroatoms. The minimum Gasteiger partial charge on any atom is -0.494 e. The molecule has 0 atom stereocenters. The summed E-state index contributed by atoms with van der Waals surface area (Å²) in [7, 11) is 0.720. The van der Waals surface area contributed by atoms with Crippen LogP contribution in [0.2, 0.25) is 5.02 Å². The van der Waals surface area contributed by atoms with Gasteiger partial charge in [-0.3, -0.25) is 4.79 Å². The highest BCUT2D eigenvalue weighted by Crippen LogP contribution is 2.39. The van der Waals surface area contributed by atoms with E-state index in [1.54, 1.807) is 32.5 Å². The number of anilines is 6. The smallest absolute Gasteiger partial charge is 0.247 e. The Hall–Kier alpha value is -3.55. The number of hydrogen-bond acceptors (Lipinski definition) is 8. The average molecular weight is 501 g/mol. The van der Waals surface area contributed by atoms with Gasteiger partial charge in [-0.15, -0.1) is 0 Å². The minimum absolute atomic E-state index is 0.233. The highest BCUT2D eigenvalue weighted by atomic mass is 35.5. The molecule has 178 valence electrons. The number of methoxy groups -OCH3 is 1. The number of halogens is 1. The zero-order chi connectivity index (χ0) is 24.9. The van der Waals surface area contributed by atoms with Gasteiger partial charge in [0.25, 0.3) is 0 Å². The molecule has 3 rings (SSSR count). The molecular formula is C23H26ClN6O3P. The molecule has 3 aromatic rings. The number of nitrogens with one attached hydrogen (secondary N) is 4. The van der Waals surface area contributed by atoms with Gasteiger partial charge in [-0.05, 0) is 37.6 Å². The van der Waals surface area contributed by atoms with Crippen molar-refractivity contribution in [2.45, 2.75) is 0 Å². The van der Waals surface area contributed by atoms with Crippen molar-refractivity contribution in [3.63, 3.8) is 0 Å². The third-order valence-electron chi connectivity index (χ3n) is 4.78. The summed E-state index contributed by atoms with van der Waals surface area (Å²) < 4.78 is 18.2. The quantitative estimate of drug-likeness (QED) is 0.238. The van der Waals surface area contributed by atoms with Crippen molar-refractivity contribution in [2.75, 3.05) is 48.8 Å². The van der Waals surface area contributed by atoms with Crippen LogP contribution in [-0.4, -0.2) is 43.4 Å². The van der Waals surface area contributed by atoms with Crippen molar-refractivity contribution in [3.05, 3.63) is 60.3 Å². The fourth-order valence-electron chi connectivity index (χ4n) is 3.15. The van der Waals surface area contributed by atoms with Crippen LogP contribution in [0.3, 0.4) is 0 Å². The first-order valence-electron chi connectivity index (χ1n) is 10.2. The molecule has 0 fully saturated rings. The highest BCUT2D eigenvalue weighted by Gasteiger charge is 2.18. The number of nitrogens with zero attached hydrogens (tertiary/aromatic N) is 2. The van der Waals surface area contributed by atoms with Gasteiger partial charge in [0.05, 0.1) is 36.1 Å². The molecule has 0 radical (unpaired) electrons. The summed E-state index contributed by atoms with van der Waals surface area (Å²) in [6, 6.07) is 10.7. The van der Waals surface area contributed by atoms with E-state index in [-0.39, 0.29) is 11.9 Å². The van der Waals surface area contributed by atoms with Crippen LogP contribution < -0.4 is 31.3 Å². The molecule has 0 spiro atoms. The number of rotatable bonds is 9. The lowest BCUT2D eigenvalue weighted by molar-refractivity contribution is -0.111. The lowest BCUT2D eigenvalue weighted by atomic mass is 10.2. The topological polar surface area (TPSA) is 117 Å². The Balaban J connectivity index is 1.97. The van der Waals surface area contributed by atoms with E-state index in [1.807, 2.05) is 24.3 Å². The first kappa shape index (κ1) is 25.1. The monoisotopic (exact) mass is 500 g/mol. The zero-order valence-electron chi connectivity index (χ0n) is 19.3. The molecule has 0 saturated heterocycles. The first-order valence-corrected chi connectivity index (χ1v) is 13.2. The van der Waals surface area contributed by atoms with Crippen LogP contribution in [0.4, 0.5) is 34.5 Å². The fourth-order valence-corrected chi connectivity index (χ4v) is 4.45. The van der Waals surface area contributed by atoms with E-state index in [1.165, 1.54) is 19.4 Å². The second-order valence-electron chi connectivity index (χ2n) is 7.55. The summed E-state index contributed by atoms with van der Waals surface area (Å²) in [5, 5.41) is 13.0. The lowest BCUT2D eigenvalue weighted by Gasteiger charge is -2.17. The van der Waals surface area contributed by atoms with E-state index >= 15 is 0 Å². The van der Waals surface area contributed by atoms with Crippen LogP contribution in [0.25, 0.3) is 0 Å². The minimum atomic E-state index is -2.54. The maximum Gasteiger partial charge on any atom is 0.247 e. The first-order chi connectivity index (χ1) is 16.2. The van der Waals surface area contributed by atoms with Crippen molar-refractivity contribution in [1.29, 1.82) is 0 Å². The normalized spacial score (nSPS) is 10.9. The molecule has 0 unspecified atom stereocenters.